The van der Waals surface area contributed by atoms with Crippen molar-refractivity contribution in [2.75, 3.05) is 13.7 Å². The lowest BCUT2D eigenvalue weighted by molar-refractivity contribution is -0.123. The van der Waals surface area contributed by atoms with Gasteiger partial charge < -0.3 is 14.2 Å². The van der Waals surface area contributed by atoms with Crippen LogP contribution in [-0.2, 0) is 11.2 Å². The van der Waals surface area contributed by atoms with Gasteiger partial charge in [0.15, 0.2) is 18.1 Å². The number of carbonyl (C=O) groups excluding carboxylic acids is 2. The van der Waals surface area contributed by atoms with Gasteiger partial charge in [-0.3, -0.25) is 4.79 Å². The maximum absolute atomic E-state index is 12.2. The molecule has 3 aromatic carbocycles. The third-order valence-electron chi connectivity index (χ3n) is 4.71. The normalized spacial score (nSPS) is 10.5. The average Bonchev–Trinajstić information content (AvgIpc) is 2.84. The summed E-state index contributed by atoms with van der Waals surface area (Å²) in [4.78, 5) is 24.3. The number of esters is 1. The zero-order valence-corrected chi connectivity index (χ0v) is 19.1. The molecule has 3 rings (SSSR count). The van der Waals surface area contributed by atoms with Crippen LogP contribution in [0.4, 0.5) is 0 Å². The Kier molecular flexibility index (Phi) is 8.57. The van der Waals surface area contributed by atoms with Crippen molar-refractivity contribution < 1.29 is 23.8 Å². The highest BCUT2D eigenvalue weighted by Crippen LogP contribution is 2.28. The highest BCUT2D eigenvalue weighted by molar-refractivity contribution is 5.91. The number of nitrogens with one attached hydrogen (secondary N) is 1. The molecule has 1 N–H and O–H groups in total. The van der Waals surface area contributed by atoms with Gasteiger partial charge in [-0.05, 0) is 73.0 Å². The number of ether oxygens (including phenoxy) is 3. The molecule has 7 nitrogen and oxygen atoms in total. The van der Waals surface area contributed by atoms with Crippen molar-refractivity contribution in [2.45, 2.75) is 13.3 Å². The Bertz CT molecular complexity index is 1190. The summed E-state index contributed by atoms with van der Waals surface area (Å²) in [6, 6.07) is 19.4. The first-order chi connectivity index (χ1) is 16.5. The Balaban J connectivity index is 1.48. The Hall–Kier alpha value is -4.39. The second kappa shape index (κ2) is 12.0. The largest absolute Gasteiger partial charge is 0.493 e. The highest BCUT2D eigenvalue weighted by Gasteiger charge is 2.09. The number of hydrogen-bond donors (Lipinski definition) is 1. The van der Waals surface area contributed by atoms with Crippen LogP contribution in [-0.4, -0.2) is 31.8 Å². The Labute approximate surface area is 198 Å². The molecular weight excluding hydrogens is 432 g/mol. The second-order valence-corrected chi connectivity index (χ2v) is 7.39. The quantitative estimate of drug-likeness (QED) is 0.159. The number of aryl methyl sites for hydroxylation is 1. The van der Waals surface area contributed by atoms with E-state index in [1.807, 2.05) is 25.1 Å². The topological polar surface area (TPSA) is 86.2 Å². The van der Waals surface area contributed by atoms with E-state index in [-0.39, 0.29) is 6.61 Å². The van der Waals surface area contributed by atoms with Crippen molar-refractivity contribution in [1.82, 2.24) is 5.43 Å². The zero-order valence-electron chi connectivity index (χ0n) is 19.1. The summed E-state index contributed by atoms with van der Waals surface area (Å²) < 4.78 is 16.2. The van der Waals surface area contributed by atoms with Gasteiger partial charge in [-0.1, -0.05) is 29.8 Å². The van der Waals surface area contributed by atoms with Crippen molar-refractivity contribution >= 4 is 18.1 Å². The Morgan fingerprint density at radius 2 is 1.82 bits per heavy atom. The smallest absolute Gasteiger partial charge is 0.343 e. The summed E-state index contributed by atoms with van der Waals surface area (Å²) in [6.07, 6.45) is 3.99. The van der Waals surface area contributed by atoms with E-state index in [0.29, 0.717) is 29.2 Å². The third kappa shape index (κ3) is 7.06. The molecule has 0 atom stereocenters. The predicted molar refractivity (Wildman–Crippen MR) is 131 cm³/mol. The van der Waals surface area contributed by atoms with Crippen molar-refractivity contribution in [2.24, 2.45) is 5.10 Å². The fourth-order valence-electron chi connectivity index (χ4n) is 3.04. The van der Waals surface area contributed by atoms with E-state index in [1.165, 1.54) is 6.21 Å². The number of benzene rings is 3. The minimum absolute atomic E-state index is 0.220. The first-order valence-corrected chi connectivity index (χ1v) is 10.6. The number of carbonyl (C=O) groups is 2. The third-order valence-corrected chi connectivity index (χ3v) is 4.71. The standard InChI is InChI=1S/C27H26N2O5/c1-4-6-20-11-14-24(25(16-20)32-3)33-18-26(30)29-28-17-21-9-12-23(13-10-21)34-27(31)22-8-5-7-19(2)15-22/h4-5,7-17H,1,6,18H2,2-3H3,(H,29,30). The van der Waals surface area contributed by atoms with E-state index in [0.717, 1.165) is 16.7 Å². The van der Waals surface area contributed by atoms with E-state index in [1.54, 1.807) is 61.7 Å². The molecule has 7 heteroatoms. The molecule has 0 saturated heterocycles. The number of nitrogens with zero attached hydrogens (tertiary/aromatic N) is 1. The summed E-state index contributed by atoms with van der Waals surface area (Å²) >= 11 is 0. The molecule has 0 saturated carbocycles. The number of hydrogen-bond acceptors (Lipinski definition) is 6. The van der Waals surface area contributed by atoms with Crippen LogP contribution >= 0.6 is 0 Å². The van der Waals surface area contributed by atoms with Gasteiger partial charge in [0.1, 0.15) is 5.75 Å². The predicted octanol–water partition coefficient (Wildman–Crippen LogP) is 4.48. The summed E-state index contributed by atoms with van der Waals surface area (Å²) in [5.74, 6) is 0.569. The Morgan fingerprint density at radius 1 is 1.03 bits per heavy atom. The van der Waals surface area contributed by atoms with E-state index >= 15 is 0 Å². The summed E-state index contributed by atoms with van der Waals surface area (Å²) in [6.45, 7) is 5.41. The molecule has 3 aromatic rings. The molecule has 0 unspecified atom stereocenters. The van der Waals surface area contributed by atoms with Crippen LogP contribution in [0.5, 0.6) is 17.2 Å². The molecule has 0 aliphatic rings. The molecular formula is C27H26N2O5. The van der Waals surface area contributed by atoms with Gasteiger partial charge in [0.2, 0.25) is 0 Å². The van der Waals surface area contributed by atoms with Crippen molar-refractivity contribution in [3.8, 4) is 17.2 Å². The van der Waals surface area contributed by atoms with Gasteiger partial charge in [0.25, 0.3) is 5.91 Å². The number of amides is 1. The molecule has 0 aromatic heterocycles. The fourth-order valence-corrected chi connectivity index (χ4v) is 3.04. The summed E-state index contributed by atoms with van der Waals surface area (Å²) in [5.41, 5.74) is 5.63. The molecule has 0 radical (unpaired) electrons. The van der Waals surface area contributed by atoms with Crippen LogP contribution in [0.2, 0.25) is 0 Å². The minimum Gasteiger partial charge on any atom is -0.493 e. The molecule has 0 aliphatic carbocycles. The van der Waals surface area contributed by atoms with Crippen molar-refractivity contribution in [3.05, 3.63) is 102 Å². The number of methoxy groups -OCH3 is 1. The molecule has 0 fully saturated rings. The summed E-state index contributed by atoms with van der Waals surface area (Å²) in [7, 11) is 1.54. The van der Waals surface area contributed by atoms with E-state index in [4.69, 9.17) is 14.2 Å². The number of rotatable bonds is 10. The van der Waals surface area contributed by atoms with Gasteiger partial charge in [-0.2, -0.15) is 5.10 Å². The van der Waals surface area contributed by atoms with Crippen LogP contribution in [0.3, 0.4) is 0 Å². The first kappa shape index (κ1) is 24.3. The lowest BCUT2D eigenvalue weighted by Gasteiger charge is -2.11. The van der Waals surface area contributed by atoms with Gasteiger partial charge in [0.05, 0.1) is 18.9 Å². The van der Waals surface area contributed by atoms with E-state index in [9.17, 15) is 9.59 Å². The van der Waals surface area contributed by atoms with Crippen LogP contribution in [0, 0.1) is 6.92 Å². The molecule has 34 heavy (non-hydrogen) atoms. The van der Waals surface area contributed by atoms with Gasteiger partial charge in [-0.15, -0.1) is 6.58 Å². The molecule has 174 valence electrons. The molecule has 0 heterocycles. The van der Waals surface area contributed by atoms with Gasteiger partial charge >= 0.3 is 5.97 Å². The lowest BCUT2D eigenvalue weighted by atomic mass is 10.1. The molecule has 0 bridgehead atoms. The summed E-state index contributed by atoms with van der Waals surface area (Å²) in [5, 5.41) is 3.93. The second-order valence-electron chi connectivity index (χ2n) is 7.39. The SMILES string of the molecule is C=CCc1ccc(OCC(=O)NN=Cc2ccc(OC(=O)c3cccc(C)c3)cc2)c(OC)c1. The first-order valence-electron chi connectivity index (χ1n) is 10.6. The van der Waals surface area contributed by atoms with E-state index < -0.39 is 11.9 Å². The Morgan fingerprint density at radius 3 is 2.53 bits per heavy atom. The van der Waals surface area contributed by atoms with Crippen LogP contribution in [0.25, 0.3) is 0 Å². The molecule has 0 spiro atoms. The van der Waals surface area contributed by atoms with Gasteiger partial charge in [0, 0.05) is 0 Å². The van der Waals surface area contributed by atoms with Crippen molar-refractivity contribution in [3.63, 3.8) is 0 Å². The highest BCUT2D eigenvalue weighted by atomic mass is 16.5. The molecule has 0 aliphatic heterocycles. The number of hydrazone groups is 1. The molecule has 1 amide bonds. The van der Waals surface area contributed by atoms with E-state index in [2.05, 4.69) is 17.1 Å². The van der Waals surface area contributed by atoms with Crippen LogP contribution in [0.15, 0.2) is 84.5 Å². The maximum Gasteiger partial charge on any atom is 0.343 e. The van der Waals surface area contributed by atoms with Crippen molar-refractivity contribution in [1.29, 1.82) is 0 Å². The average molecular weight is 459 g/mol. The maximum atomic E-state index is 12.2. The van der Waals surface area contributed by atoms with Gasteiger partial charge in [-0.25, -0.2) is 10.2 Å². The lowest BCUT2D eigenvalue weighted by Crippen LogP contribution is -2.24. The zero-order chi connectivity index (χ0) is 24.3. The minimum atomic E-state index is -0.427. The van der Waals surface area contributed by atoms with Crippen LogP contribution < -0.4 is 19.6 Å². The number of allylic oxidation sites excluding steroid dienone is 1. The fraction of sp³-hybridized carbons (Fsp3) is 0.148. The van der Waals surface area contributed by atoms with Crippen LogP contribution in [0.1, 0.15) is 27.0 Å². The monoisotopic (exact) mass is 458 g/mol.